The van der Waals surface area contributed by atoms with Crippen molar-refractivity contribution >= 4 is 5.91 Å². The summed E-state index contributed by atoms with van der Waals surface area (Å²) in [7, 11) is 0. The number of hydrogen-bond acceptors (Lipinski definition) is 5. The minimum Gasteiger partial charge on any atom is -0.347 e. The minimum atomic E-state index is -0.151. The number of carbonyl (C=O) groups is 1. The Hall–Kier alpha value is -2.22. The average Bonchev–Trinajstić information content (AvgIpc) is 3.24. The van der Waals surface area contributed by atoms with E-state index < -0.39 is 0 Å². The Bertz CT molecular complexity index is 714. The van der Waals surface area contributed by atoms with E-state index in [4.69, 9.17) is 5.73 Å². The molecule has 4 N–H and O–H groups in total. The number of nitrogens with two attached hydrogens (primary N) is 1. The van der Waals surface area contributed by atoms with Crippen molar-refractivity contribution in [1.29, 1.82) is 0 Å². The van der Waals surface area contributed by atoms with Crippen molar-refractivity contribution in [2.75, 3.05) is 0 Å². The Morgan fingerprint density at radius 1 is 1.29 bits per heavy atom. The number of nitrogens with zero attached hydrogens (tertiary/aromatic N) is 4. The van der Waals surface area contributed by atoms with Crippen LogP contribution < -0.4 is 11.1 Å². The number of carbonyl (C=O) groups excluding carboxylic acids is 1. The van der Waals surface area contributed by atoms with Gasteiger partial charge in [0.25, 0.3) is 5.91 Å². The predicted octanol–water partition coefficient (Wildman–Crippen LogP) is 0.731. The van der Waals surface area contributed by atoms with Crippen LogP contribution in [0, 0.1) is 0 Å². The highest BCUT2D eigenvalue weighted by molar-refractivity contribution is 5.92. The van der Waals surface area contributed by atoms with Gasteiger partial charge in [0.05, 0.1) is 18.4 Å². The lowest BCUT2D eigenvalue weighted by Crippen LogP contribution is -2.39. The van der Waals surface area contributed by atoms with Crippen LogP contribution in [0.25, 0.3) is 0 Å². The maximum Gasteiger partial charge on any atom is 0.273 e. The highest BCUT2D eigenvalue weighted by atomic mass is 16.2. The van der Waals surface area contributed by atoms with Crippen molar-refractivity contribution in [3.8, 4) is 0 Å². The van der Waals surface area contributed by atoms with E-state index in [0.29, 0.717) is 17.8 Å². The van der Waals surface area contributed by atoms with Crippen molar-refractivity contribution < 1.29 is 4.79 Å². The zero-order valence-electron chi connectivity index (χ0n) is 13.6. The summed E-state index contributed by atoms with van der Waals surface area (Å²) >= 11 is 0. The van der Waals surface area contributed by atoms with E-state index in [1.165, 1.54) is 5.56 Å². The Labute approximate surface area is 140 Å². The monoisotopic (exact) mass is 329 g/mol. The van der Waals surface area contributed by atoms with E-state index in [1.807, 2.05) is 10.9 Å². The molecule has 1 atom stereocenters. The molecule has 2 aliphatic carbocycles. The van der Waals surface area contributed by atoms with Crippen LogP contribution in [-0.2, 0) is 12.8 Å². The molecule has 0 unspecified atom stereocenters. The fourth-order valence-electron chi connectivity index (χ4n) is 3.72. The van der Waals surface area contributed by atoms with E-state index >= 15 is 0 Å². The highest BCUT2D eigenvalue weighted by Gasteiger charge is 2.25. The molecule has 0 spiro atoms. The Balaban J connectivity index is 1.37. The van der Waals surface area contributed by atoms with Crippen LogP contribution in [0.1, 0.15) is 59.9 Å². The number of amides is 1. The van der Waals surface area contributed by atoms with Crippen molar-refractivity contribution in [3.05, 3.63) is 29.3 Å². The van der Waals surface area contributed by atoms with E-state index in [9.17, 15) is 4.79 Å². The van der Waals surface area contributed by atoms with Gasteiger partial charge in [-0.05, 0) is 44.1 Å². The first-order chi connectivity index (χ1) is 11.7. The number of aryl methyl sites for hydroxylation is 1. The second-order valence-electron chi connectivity index (χ2n) is 6.94. The first-order valence-corrected chi connectivity index (χ1v) is 8.68. The van der Waals surface area contributed by atoms with Gasteiger partial charge in [0, 0.05) is 24.2 Å². The lowest BCUT2D eigenvalue weighted by atomic mass is 9.92. The number of H-pyrrole nitrogens is 1. The van der Waals surface area contributed by atoms with Gasteiger partial charge < -0.3 is 11.1 Å². The normalized spacial score (nSPS) is 26.8. The van der Waals surface area contributed by atoms with Gasteiger partial charge in [-0.15, -0.1) is 5.10 Å². The number of hydrogen-bond donors (Lipinski definition) is 3. The molecule has 8 nitrogen and oxygen atoms in total. The summed E-state index contributed by atoms with van der Waals surface area (Å²) in [6.45, 7) is 0. The Morgan fingerprint density at radius 3 is 2.96 bits per heavy atom. The summed E-state index contributed by atoms with van der Waals surface area (Å²) in [5, 5.41) is 18.4. The van der Waals surface area contributed by atoms with Crippen molar-refractivity contribution in [1.82, 2.24) is 30.5 Å². The molecule has 8 heteroatoms. The Kier molecular flexibility index (Phi) is 4.05. The van der Waals surface area contributed by atoms with E-state index in [-0.39, 0.29) is 11.9 Å². The predicted molar refractivity (Wildman–Crippen MR) is 87.4 cm³/mol. The summed E-state index contributed by atoms with van der Waals surface area (Å²) in [6, 6.07) is 0.718. The minimum absolute atomic E-state index is 0.114. The average molecular weight is 329 g/mol. The Morgan fingerprint density at radius 2 is 2.12 bits per heavy atom. The third-order valence-corrected chi connectivity index (χ3v) is 5.21. The third-order valence-electron chi connectivity index (χ3n) is 5.21. The van der Waals surface area contributed by atoms with Gasteiger partial charge in [-0.2, -0.15) is 5.10 Å². The van der Waals surface area contributed by atoms with Crippen LogP contribution >= 0.6 is 0 Å². The molecule has 1 saturated carbocycles. The molecular formula is C16H23N7O. The SMILES string of the molecule is NC1CCC(n2cc(C(=O)N[C@H]3CCc4cn[nH]c4C3)nn2)CC1. The van der Waals surface area contributed by atoms with Crippen molar-refractivity contribution in [2.45, 2.75) is 63.1 Å². The quantitative estimate of drug-likeness (QED) is 0.768. The zero-order valence-corrected chi connectivity index (χ0v) is 13.6. The topological polar surface area (TPSA) is 115 Å². The van der Waals surface area contributed by atoms with Crippen LogP contribution in [0.4, 0.5) is 0 Å². The number of aromatic nitrogens is 5. The molecule has 128 valence electrons. The van der Waals surface area contributed by atoms with Gasteiger partial charge in [0.15, 0.2) is 5.69 Å². The summed E-state index contributed by atoms with van der Waals surface area (Å²) in [5.41, 5.74) is 8.70. The molecule has 0 aromatic carbocycles. The molecule has 2 aliphatic rings. The number of fused-ring (bicyclic) bond motifs is 1. The summed E-state index contributed by atoms with van der Waals surface area (Å²) in [5.74, 6) is -0.151. The number of nitrogens with one attached hydrogen (secondary N) is 2. The van der Waals surface area contributed by atoms with Gasteiger partial charge in [-0.1, -0.05) is 5.21 Å². The van der Waals surface area contributed by atoms with E-state index in [1.54, 1.807) is 6.20 Å². The second-order valence-corrected chi connectivity index (χ2v) is 6.94. The lowest BCUT2D eigenvalue weighted by molar-refractivity contribution is 0.0928. The number of aromatic amines is 1. The first kappa shape index (κ1) is 15.3. The summed E-state index contributed by atoms with van der Waals surface area (Å²) in [6.07, 6.45) is 10.3. The van der Waals surface area contributed by atoms with E-state index in [0.717, 1.165) is 50.6 Å². The first-order valence-electron chi connectivity index (χ1n) is 8.68. The summed E-state index contributed by atoms with van der Waals surface area (Å²) < 4.78 is 1.83. The molecule has 1 amide bonds. The molecule has 1 fully saturated rings. The molecule has 2 aromatic heterocycles. The van der Waals surface area contributed by atoms with Crippen molar-refractivity contribution in [3.63, 3.8) is 0 Å². The fraction of sp³-hybridized carbons (Fsp3) is 0.625. The molecule has 0 bridgehead atoms. The molecule has 0 saturated heterocycles. The van der Waals surface area contributed by atoms with Crippen LogP contribution in [0.3, 0.4) is 0 Å². The molecule has 2 heterocycles. The van der Waals surface area contributed by atoms with Crippen LogP contribution in [-0.4, -0.2) is 43.2 Å². The molecule has 4 rings (SSSR count). The van der Waals surface area contributed by atoms with Gasteiger partial charge in [0.2, 0.25) is 0 Å². The lowest BCUT2D eigenvalue weighted by Gasteiger charge is -2.25. The van der Waals surface area contributed by atoms with Gasteiger partial charge in [0.1, 0.15) is 0 Å². The zero-order chi connectivity index (χ0) is 16.5. The maximum absolute atomic E-state index is 12.4. The van der Waals surface area contributed by atoms with E-state index in [2.05, 4.69) is 25.8 Å². The highest BCUT2D eigenvalue weighted by Crippen LogP contribution is 2.26. The van der Waals surface area contributed by atoms with Gasteiger partial charge in [-0.3, -0.25) is 9.89 Å². The largest absolute Gasteiger partial charge is 0.347 e. The maximum atomic E-state index is 12.4. The third kappa shape index (κ3) is 3.06. The van der Waals surface area contributed by atoms with Crippen LogP contribution in [0.5, 0.6) is 0 Å². The second kappa shape index (κ2) is 6.35. The fourth-order valence-corrected chi connectivity index (χ4v) is 3.72. The smallest absolute Gasteiger partial charge is 0.273 e. The number of rotatable bonds is 3. The summed E-state index contributed by atoms with van der Waals surface area (Å²) in [4.78, 5) is 12.4. The standard InChI is InChI=1S/C16H23N7O/c17-11-2-5-13(6-3-11)23-9-15(21-22-23)16(24)19-12-4-1-10-8-18-20-14(10)7-12/h8-9,11-13H,1-7,17H2,(H,18,20)(H,19,24)/t11?,12-,13?/m0/s1. The molecular weight excluding hydrogens is 306 g/mol. The molecule has 0 radical (unpaired) electrons. The van der Waals surface area contributed by atoms with Crippen LogP contribution in [0.2, 0.25) is 0 Å². The van der Waals surface area contributed by atoms with Crippen molar-refractivity contribution in [2.24, 2.45) is 5.73 Å². The van der Waals surface area contributed by atoms with Gasteiger partial charge in [-0.25, -0.2) is 4.68 Å². The van der Waals surface area contributed by atoms with Gasteiger partial charge >= 0.3 is 0 Å². The molecule has 24 heavy (non-hydrogen) atoms. The molecule has 0 aliphatic heterocycles. The molecule has 2 aromatic rings. The van der Waals surface area contributed by atoms with Crippen LogP contribution in [0.15, 0.2) is 12.4 Å².